The first kappa shape index (κ1) is 8.61. The molecule has 1 aromatic carbocycles. The van der Waals surface area contributed by atoms with E-state index in [1.807, 2.05) is 0 Å². The highest BCUT2D eigenvalue weighted by Crippen LogP contribution is 2.08. The lowest BCUT2D eigenvalue weighted by Crippen LogP contribution is -1.85. The summed E-state index contributed by atoms with van der Waals surface area (Å²) >= 11 is 5.51. The molecule has 0 aliphatic heterocycles. The molecule has 0 aromatic heterocycles. The molecule has 0 unspecified atom stereocenters. The number of benzene rings is 1. The van der Waals surface area contributed by atoms with Crippen LogP contribution in [0.5, 0.6) is 0 Å². The second kappa shape index (κ2) is 4.40. The summed E-state index contributed by atoms with van der Waals surface area (Å²) in [7, 11) is 0. The third-order valence-electron chi connectivity index (χ3n) is 1.71. The Morgan fingerprint density at radius 3 is 2.73 bits per heavy atom. The van der Waals surface area contributed by atoms with E-state index in [9.17, 15) is 0 Å². The van der Waals surface area contributed by atoms with Crippen molar-refractivity contribution in [1.29, 1.82) is 0 Å². The Morgan fingerprint density at radius 2 is 2.09 bits per heavy atom. The van der Waals surface area contributed by atoms with Crippen molar-refractivity contribution in [2.75, 3.05) is 0 Å². The molecule has 1 heteroatoms. The van der Waals surface area contributed by atoms with Crippen LogP contribution in [0.15, 0.2) is 24.3 Å². The van der Waals surface area contributed by atoms with Crippen LogP contribution in [0.3, 0.4) is 0 Å². The highest BCUT2D eigenvalue weighted by Gasteiger charge is 1.92. The van der Waals surface area contributed by atoms with Crippen molar-refractivity contribution < 1.29 is 0 Å². The summed E-state index contributed by atoms with van der Waals surface area (Å²) in [6.45, 7) is 2.16. The van der Waals surface area contributed by atoms with E-state index in [1.54, 1.807) is 5.88 Å². The maximum Gasteiger partial charge on any atom is 0.0543 e. The summed E-state index contributed by atoms with van der Waals surface area (Å²) in [4.78, 5) is 0. The molecular formula is C10H12Cl. The summed E-state index contributed by atoms with van der Waals surface area (Å²) in [5.74, 6) is 1.66. The number of aryl methyl sites for hydroxylation is 1. The summed E-state index contributed by atoms with van der Waals surface area (Å²) in [5, 5.41) is 0. The fourth-order valence-corrected chi connectivity index (χ4v) is 1.24. The standard InChI is InChI=1S/C10H12Cl/c1-2-9-4-3-5-10(8-9)6-7-11/h3-5,7-8H,2,6H2,1H3. The van der Waals surface area contributed by atoms with Gasteiger partial charge >= 0.3 is 0 Å². The quantitative estimate of drug-likeness (QED) is 0.649. The number of hydrogen-bond donors (Lipinski definition) is 0. The second-order valence-electron chi connectivity index (χ2n) is 2.53. The SMILES string of the molecule is CCc1cccc(C[CH]Cl)c1. The van der Waals surface area contributed by atoms with E-state index in [-0.39, 0.29) is 0 Å². The van der Waals surface area contributed by atoms with Gasteiger partial charge in [0.15, 0.2) is 0 Å². The second-order valence-corrected chi connectivity index (χ2v) is 2.84. The lowest BCUT2D eigenvalue weighted by molar-refractivity contribution is 1.11. The summed E-state index contributed by atoms with van der Waals surface area (Å²) in [6, 6.07) is 8.50. The number of rotatable bonds is 3. The minimum atomic E-state index is 0.857. The van der Waals surface area contributed by atoms with Crippen molar-refractivity contribution in [3.63, 3.8) is 0 Å². The molecule has 1 radical (unpaired) electrons. The van der Waals surface area contributed by atoms with E-state index in [2.05, 4.69) is 31.2 Å². The molecule has 0 aliphatic rings. The molecule has 1 rings (SSSR count). The summed E-state index contributed by atoms with van der Waals surface area (Å²) in [6.07, 6.45) is 1.95. The molecule has 0 N–H and O–H groups in total. The zero-order valence-electron chi connectivity index (χ0n) is 6.68. The Hall–Kier alpha value is -0.490. The van der Waals surface area contributed by atoms with E-state index in [0.717, 1.165) is 12.8 Å². The molecular weight excluding hydrogens is 156 g/mol. The average Bonchev–Trinajstić information content (AvgIpc) is 2.06. The molecule has 11 heavy (non-hydrogen) atoms. The van der Waals surface area contributed by atoms with Gasteiger partial charge in [-0.1, -0.05) is 31.2 Å². The van der Waals surface area contributed by atoms with Crippen LogP contribution in [0, 0.1) is 5.88 Å². The van der Waals surface area contributed by atoms with Crippen LogP contribution in [0.4, 0.5) is 0 Å². The third kappa shape index (κ3) is 2.55. The normalized spacial score (nSPS) is 10.0. The Labute approximate surface area is 73.2 Å². The van der Waals surface area contributed by atoms with Gasteiger partial charge in [0, 0.05) is 0 Å². The Morgan fingerprint density at radius 1 is 1.36 bits per heavy atom. The van der Waals surface area contributed by atoms with Gasteiger partial charge in [-0.3, -0.25) is 0 Å². The largest absolute Gasteiger partial charge is 0.121 e. The first-order chi connectivity index (χ1) is 5.36. The molecule has 0 bridgehead atoms. The van der Waals surface area contributed by atoms with Gasteiger partial charge in [0.1, 0.15) is 0 Å². The monoisotopic (exact) mass is 167 g/mol. The van der Waals surface area contributed by atoms with Gasteiger partial charge in [0.2, 0.25) is 0 Å². The minimum absolute atomic E-state index is 0.857. The molecule has 0 heterocycles. The highest BCUT2D eigenvalue weighted by molar-refractivity contribution is 6.23. The van der Waals surface area contributed by atoms with Gasteiger partial charge in [0.25, 0.3) is 0 Å². The zero-order valence-corrected chi connectivity index (χ0v) is 7.43. The lowest BCUT2D eigenvalue weighted by Gasteiger charge is -1.99. The molecule has 0 saturated heterocycles. The summed E-state index contributed by atoms with van der Waals surface area (Å²) in [5.41, 5.74) is 2.67. The van der Waals surface area contributed by atoms with Crippen LogP contribution in [0.25, 0.3) is 0 Å². The molecule has 0 amide bonds. The van der Waals surface area contributed by atoms with Crippen molar-refractivity contribution in [2.24, 2.45) is 0 Å². The molecule has 0 atom stereocenters. The predicted octanol–water partition coefficient (Wildman–Crippen LogP) is 3.19. The van der Waals surface area contributed by atoms with E-state index in [4.69, 9.17) is 11.6 Å². The first-order valence-electron chi connectivity index (χ1n) is 3.86. The molecule has 0 fully saturated rings. The van der Waals surface area contributed by atoms with Crippen LogP contribution in [-0.4, -0.2) is 0 Å². The van der Waals surface area contributed by atoms with Gasteiger partial charge in [0.05, 0.1) is 5.88 Å². The molecule has 59 valence electrons. The number of hydrogen-bond acceptors (Lipinski definition) is 0. The lowest BCUT2D eigenvalue weighted by atomic mass is 10.1. The highest BCUT2D eigenvalue weighted by atomic mass is 35.5. The maximum atomic E-state index is 5.51. The van der Waals surface area contributed by atoms with Gasteiger partial charge in [-0.05, 0) is 24.0 Å². The van der Waals surface area contributed by atoms with E-state index in [0.29, 0.717) is 0 Å². The molecule has 0 aliphatic carbocycles. The van der Waals surface area contributed by atoms with Crippen LogP contribution in [-0.2, 0) is 12.8 Å². The van der Waals surface area contributed by atoms with E-state index in [1.165, 1.54) is 11.1 Å². The summed E-state index contributed by atoms with van der Waals surface area (Å²) < 4.78 is 0. The third-order valence-corrected chi connectivity index (χ3v) is 1.87. The minimum Gasteiger partial charge on any atom is -0.121 e. The van der Waals surface area contributed by atoms with Crippen molar-refractivity contribution in [1.82, 2.24) is 0 Å². The molecule has 0 spiro atoms. The van der Waals surface area contributed by atoms with Gasteiger partial charge in [-0.25, -0.2) is 0 Å². The van der Waals surface area contributed by atoms with Crippen LogP contribution < -0.4 is 0 Å². The Bertz CT molecular complexity index is 218. The van der Waals surface area contributed by atoms with Crippen LogP contribution >= 0.6 is 11.6 Å². The van der Waals surface area contributed by atoms with Crippen LogP contribution in [0.1, 0.15) is 18.1 Å². The molecule has 1 aromatic rings. The fraction of sp³-hybridized carbons (Fsp3) is 0.300. The first-order valence-corrected chi connectivity index (χ1v) is 4.30. The van der Waals surface area contributed by atoms with Gasteiger partial charge in [-0.15, -0.1) is 11.6 Å². The van der Waals surface area contributed by atoms with Crippen LogP contribution in [0.2, 0.25) is 0 Å². The topological polar surface area (TPSA) is 0 Å². The zero-order chi connectivity index (χ0) is 8.10. The number of halogens is 1. The van der Waals surface area contributed by atoms with Gasteiger partial charge < -0.3 is 0 Å². The van der Waals surface area contributed by atoms with Crippen molar-refractivity contribution in [3.05, 3.63) is 41.3 Å². The predicted molar refractivity (Wildman–Crippen MR) is 49.7 cm³/mol. The maximum absolute atomic E-state index is 5.51. The van der Waals surface area contributed by atoms with Crippen molar-refractivity contribution >= 4 is 11.6 Å². The Kier molecular flexibility index (Phi) is 3.44. The molecule has 0 saturated carbocycles. The van der Waals surface area contributed by atoms with E-state index >= 15 is 0 Å². The van der Waals surface area contributed by atoms with Crippen molar-refractivity contribution in [2.45, 2.75) is 19.8 Å². The fourth-order valence-electron chi connectivity index (χ4n) is 1.07. The molecule has 0 nitrogen and oxygen atoms in total. The average molecular weight is 168 g/mol. The Balaban J connectivity index is 2.74. The van der Waals surface area contributed by atoms with Crippen molar-refractivity contribution in [3.8, 4) is 0 Å². The van der Waals surface area contributed by atoms with E-state index < -0.39 is 0 Å². The smallest absolute Gasteiger partial charge is 0.0543 e. The van der Waals surface area contributed by atoms with Gasteiger partial charge in [-0.2, -0.15) is 0 Å².